The van der Waals surface area contributed by atoms with Gasteiger partial charge in [-0.2, -0.15) is 0 Å². The Balaban J connectivity index is 1.57. The Morgan fingerprint density at radius 1 is 1.09 bits per heavy atom. The van der Waals surface area contributed by atoms with E-state index < -0.39 is 0 Å². The molecule has 3 heteroatoms. The maximum absolute atomic E-state index is 12.0. The predicted molar refractivity (Wildman–Crippen MR) is 135 cm³/mol. The summed E-state index contributed by atoms with van der Waals surface area (Å²) in [7, 11) is 0. The topological polar surface area (TPSA) is 46.5 Å². The third-order valence-electron chi connectivity index (χ3n) is 11.1. The van der Waals surface area contributed by atoms with Crippen molar-refractivity contribution in [2.75, 3.05) is 0 Å². The molecule has 33 heavy (non-hydrogen) atoms. The van der Waals surface area contributed by atoms with E-state index in [0.717, 1.165) is 43.4 Å². The lowest BCUT2D eigenvalue weighted by Crippen LogP contribution is -2.51. The summed E-state index contributed by atoms with van der Waals surface area (Å²) in [6.07, 6.45) is 12.7. The minimum atomic E-state index is -0.144. The molecule has 4 rings (SSSR count). The van der Waals surface area contributed by atoms with E-state index in [9.17, 15) is 9.90 Å². The maximum atomic E-state index is 12.0. The van der Waals surface area contributed by atoms with Crippen LogP contribution in [0.4, 0.5) is 0 Å². The fraction of sp³-hybridized carbons (Fsp3) is 0.833. The zero-order chi connectivity index (χ0) is 24.1. The molecule has 0 radical (unpaired) electrons. The number of hydrogen-bond donors (Lipinski definition) is 1. The van der Waals surface area contributed by atoms with Gasteiger partial charge in [-0.1, -0.05) is 43.6 Å². The lowest BCUT2D eigenvalue weighted by Gasteiger charge is -2.58. The number of ether oxygens (including phenoxy) is 1. The van der Waals surface area contributed by atoms with Crippen LogP contribution in [0.15, 0.2) is 22.8 Å². The highest BCUT2D eigenvalue weighted by Gasteiger charge is 2.59. The molecule has 3 nitrogen and oxygen atoms in total. The van der Waals surface area contributed by atoms with Crippen molar-refractivity contribution in [1.82, 2.24) is 0 Å². The summed E-state index contributed by atoms with van der Waals surface area (Å²) in [4.78, 5) is 12.0. The molecule has 0 aromatic carbocycles. The fourth-order valence-electron chi connectivity index (χ4n) is 8.86. The summed E-state index contributed by atoms with van der Waals surface area (Å²) in [5, 5.41) is 10.3. The molecular weight excluding hydrogens is 408 g/mol. The molecule has 0 aliphatic heterocycles. The van der Waals surface area contributed by atoms with Crippen molar-refractivity contribution in [3.8, 4) is 0 Å². The van der Waals surface area contributed by atoms with Crippen LogP contribution in [0.2, 0.25) is 0 Å². The van der Waals surface area contributed by atoms with Crippen LogP contribution in [-0.4, -0.2) is 23.3 Å². The Labute approximate surface area is 202 Å². The third-order valence-corrected chi connectivity index (χ3v) is 11.1. The molecule has 4 aliphatic rings. The molecule has 0 unspecified atom stereocenters. The van der Waals surface area contributed by atoms with E-state index in [1.165, 1.54) is 43.3 Å². The van der Waals surface area contributed by atoms with Crippen LogP contribution in [-0.2, 0) is 9.53 Å². The van der Waals surface area contributed by atoms with Crippen LogP contribution in [0.3, 0.4) is 0 Å². The number of aliphatic hydroxyl groups excluding tert-OH is 1. The number of carbonyl (C=O) groups is 1. The normalized spacial score (nSPS) is 41.7. The standard InChI is InChI=1S/C30H48O3/c1-18(2)19(3)16-28(33-21(5)31)20(4)25-10-11-26-24-9-8-22-17-23(32)12-14-29(22,6)27(24)13-15-30(25,26)7/h8,20,23-28,32H,9-17H2,1-7H3/t20-,23-,24-,25+,26-,27-,28+,29-,30+/m0/s1. The van der Waals surface area contributed by atoms with Crippen LogP contribution in [0, 0.1) is 40.4 Å². The van der Waals surface area contributed by atoms with E-state index >= 15 is 0 Å². The highest BCUT2D eigenvalue weighted by atomic mass is 16.5. The van der Waals surface area contributed by atoms with Gasteiger partial charge < -0.3 is 9.84 Å². The van der Waals surface area contributed by atoms with E-state index in [0.29, 0.717) is 22.7 Å². The van der Waals surface area contributed by atoms with E-state index in [1.54, 1.807) is 12.5 Å². The molecule has 1 N–H and O–H groups in total. The Hall–Kier alpha value is -1.09. The first kappa shape index (κ1) is 25.0. The highest BCUT2D eigenvalue weighted by molar-refractivity contribution is 5.66. The second-order valence-electron chi connectivity index (χ2n) is 12.9. The molecule has 186 valence electrons. The quantitative estimate of drug-likeness (QED) is 0.350. The van der Waals surface area contributed by atoms with Gasteiger partial charge in [0.05, 0.1) is 6.10 Å². The van der Waals surface area contributed by atoms with Gasteiger partial charge in [0.15, 0.2) is 0 Å². The number of fused-ring (bicyclic) bond motifs is 5. The Bertz CT molecular complexity index is 820. The minimum absolute atomic E-state index is 0.0223. The molecule has 0 saturated heterocycles. The van der Waals surface area contributed by atoms with Gasteiger partial charge in [0.2, 0.25) is 0 Å². The summed E-state index contributed by atoms with van der Waals surface area (Å²) in [5.41, 5.74) is 4.89. The van der Waals surface area contributed by atoms with Crippen molar-refractivity contribution in [3.05, 3.63) is 22.8 Å². The van der Waals surface area contributed by atoms with Crippen LogP contribution < -0.4 is 0 Å². The summed E-state index contributed by atoms with van der Waals surface area (Å²) in [6.45, 7) is 15.5. The smallest absolute Gasteiger partial charge is 0.302 e. The van der Waals surface area contributed by atoms with Crippen LogP contribution >= 0.6 is 0 Å². The molecule has 0 amide bonds. The molecule has 0 spiro atoms. The van der Waals surface area contributed by atoms with Crippen molar-refractivity contribution >= 4 is 5.97 Å². The van der Waals surface area contributed by atoms with Crippen molar-refractivity contribution < 1.29 is 14.6 Å². The van der Waals surface area contributed by atoms with Gasteiger partial charge in [-0.05, 0) is 113 Å². The summed E-state index contributed by atoms with van der Waals surface area (Å²) < 4.78 is 5.97. The number of aliphatic hydroxyl groups is 1. The SMILES string of the molecule is CC(=O)O[C@H](CC(C)=C(C)C)[C@@H](C)[C@H]1CC[C@H]2[C@@H]3CC=C4C[C@@H](O)CC[C@]4(C)[C@H]3CC[C@]12C. The molecular formula is C30H48O3. The van der Waals surface area contributed by atoms with Crippen molar-refractivity contribution in [3.63, 3.8) is 0 Å². The van der Waals surface area contributed by atoms with Crippen LogP contribution in [0.25, 0.3) is 0 Å². The predicted octanol–water partition coefficient (Wildman–Crippen LogP) is 7.24. The first-order valence-electron chi connectivity index (χ1n) is 13.6. The molecule has 0 aromatic rings. The first-order valence-corrected chi connectivity index (χ1v) is 13.6. The number of hydrogen-bond acceptors (Lipinski definition) is 3. The molecule has 0 aromatic heterocycles. The molecule has 4 aliphatic carbocycles. The molecule has 3 saturated carbocycles. The third kappa shape index (κ3) is 4.37. The Morgan fingerprint density at radius 3 is 2.48 bits per heavy atom. The second-order valence-corrected chi connectivity index (χ2v) is 12.9. The zero-order valence-corrected chi connectivity index (χ0v) is 22.2. The van der Waals surface area contributed by atoms with Gasteiger partial charge >= 0.3 is 5.97 Å². The van der Waals surface area contributed by atoms with Gasteiger partial charge in [-0.15, -0.1) is 0 Å². The highest BCUT2D eigenvalue weighted by Crippen LogP contribution is 2.67. The van der Waals surface area contributed by atoms with Gasteiger partial charge in [-0.3, -0.25) is 4.79 Å². The zero-order valence-electron chi connectivity index (χ0n) is 22.2. The lowest BCUT2D eigenvalue weighted by molar-refractivity contribution is -0.151. The summed E-state index contributed by atoms with van der Waals surface area (Å²) in [5.74, 6) is 3.17. The number of allylic oxidation sites excluding steroid dienone is 2. The van der Waals surface area contributed by atoms with Crippen molar-refractivity contribution in [1.29, 1.82) is 0 Å². The number of carbonyl (C=O) groups excluding carboxylic acids is 1. The fourth-order valence-corrected chi connectivity index (χ4v) is 8.86. The monoisotopic (exact) mass is 456 g/mol. The first-order chi connectivity index (χ1) is 15.5. The van der Waals surface area contributed by atoms with Crippen molar-refractivity contribution in [2.45, 2.75) is 118 Å². The van der Waals surface area contributed by atoms with Gasteiger partial charge in [-0.25, -0.2) is 0 Å². The lowest BCUT2D eigenvalue weighted by atomic mass is 9.47. The van der Waals surface area contributed by atoms with Gasteiger partial charge in [0.25, 0.3) is 0 Å². The van der Waals surface area contributed by atoms with Crippen molar-refractivity contribution in [2.24, 2.45) is 40.4 Å². The minimum Gasteiger partial charge on any atom is -0.462 e. The maximum Gasteiger partial charge on any atom is 0.302 e. The Kier molecular flexibility index (Phi) is 6.95. The van der Waals surface area contributed by atoms with Gasteiger partial charge in [0.1, 0.15) is 6.10 Å². The van der Waals surface area contributed by atoms with E-state index in [-0.39, 0.29) is 18.2 Å². The number of rotatable bonds is 5. The largest absolute Gasteiger partial charge is 0.462 e. The average molecular weight is 457 g/mol. The van der Waals surface area contributed by atoms with Gasteiger partial charge in [0, 0.05) is 13.3 Å². The number of esters is 1. The molecule has 0 bridgehead atoms. The molecule has 0 heterocycles. The molecule has 3 fully saturated rings. The Morgan fingerprint density at radius 2 is 1.82 bits per heavy atom. The van der Waals surface area contributed by atoms with E-state index in [1.807, 2.05) is 0 Å². The second kappa shape index (κ2) is 9.17. The summed E-state index contributed by atoms with van der Waals surface area (Å²) in [6, 6.07) is 0. The molecule has 9 atom stereocenters. The van der Waals surface area contributed by atoms with E-state index in [2.05, 4.69) is 47.6 Å². The van der Waals surface area contributed by atoms with Crippen LogP contribution in [0.1, 0.15) is 106 Å². The van der Waals surface area contributed by atoms with E-state index in [4.69, 9.17) is 4.74 Å². The van der Waals surface area contributed by atoms with Crippen LogP contribution in [0.5, 0.6) is 0 Å². The summed E-state index contributed by atoms with van der Waals surface area (Å²) >= 11 is 0. The average Bonchev–Trinajstić information content (AvgIpc) is 3.10.